The van der Waals surface area contributed by atoms with Crippen LogP contribution in [0.15, 0.2) is 24.3 Å². The third-order valence-corrected chi connectivity index (χ3v) is 2.85. The van der Waals surface area contributed by atoms with Crippen molar-refractivity contribution in [2.45, 2.75) is 31.5 Å². The molecule has 1 saturated heterocycles. The second-order valence-electron chi connectivity index (χ2n) is 4.31. The predicted octanol–water partition coefficient (Wildman–Crippen LogP) is 1.99. The minimum Gasteiger partial charge on any atom is -0.508 e. The van der Waals surface area contributed by atoms with Crippen LogP contribution < -0.4 is 0 Å². The van der Waals surface area contributed by atoms with Crippen molar-refractivity contribution in [2.75, 3.05) is 6.61 Å². The Kier molecular flexibility index (Phi) is 2.67. The molecule has 1 heterocycles. The molecule has 0 saturated carbocycles. The van der Waals surface area contributed by atoms with Gasteiger partial charge in [-0.25, -0.2) is 0 Å². The number of rotatable bonds is 1. The summed E-state index contributed by atoms with van der Waals surface area (Å²) in [6, 6.07) is 7.22. The van der Waals surface area contributed by atoms with Gasteiger partial charge < -0.3 is 14.9 Å². The van der Waals surface area contributed by atoms with Crippen LogP contribution in [0, 0.1) is 0 Å². The second-order valence-corrected chi connectivity index (χ2v) is 4.31. The summed E-state index contributed by atoms with van der Waals surface area (Å²) < 4.78 is 5.24. The summed E-state index contributed by atoms with van der Waals surface area (Å²) in [6.07, 6.45) is 1.47. The number of hydrogen-bond donors (Lipinski definition) is 2. The number of ether oxygens (including phenoxy) is 1. The summed E-state index contributed by atoms with van der Waals surface area (Å²) in [5, 5.41) is 19.2. The molecule has 0 aromatic heterocycles. The first kappa shape index (κ1) is 10.5. The average Bonchev–Trinajstić information content (AvgIpc) is 2.16. The quantitative estimate of drug-likeness (QED) is 0.742. The van der Waals surface area contributed by atoms with Crippen molar-refractivity contribution in [3.05, 3.63) is 29.8 Å². The van der Waals surface area contributed by atoms with E-state index in [1.165, 1.54) is 0 Å². The van der Waals surface area contributed by atoms with Crippen LogP contribution in [0.5, 0.6) is 5.75 Å². The standard InChI is InChI=1S/C12H16O3/c1-12(14)8-10(5-6-15-12)9-3-2-4-11(13)7-9/h2-4,7,10,13-14H,5-6,8H2,1H3. The number of phenols is 1. The van der Waals surface area contributed by atoms with Crippen molar-refractivity contribution >= 4 is 0 Å². The van der Waals surface area contributed by atoms with Crippen LogP contribution in [0.1, 0.15) is 31.2 Å². The van der Waals surface area contributed by atoms with Gasteiger partial charge in [-0.05, 0) is 37.0 Å². The molecular weight excluding hydrogens is 192 g/mol. The molecular formula is C12H16O3. The molecule has 0 radical (unpaired) electrons. The molecule has 2 atom stereocenters. The van der Waals surface area contributed by atoms with Crippen molar-refractivity contribution in [2.24, 2.45) is 0 Å². The lowest BCUT2D eigenvalue weighted by Crippen LogP contribution is -2.35. The fourth-order valence-corrected chi connectivity index (χ4v) is 2.10. The van der Waals surface area contributed by atoms with Gasteiger partial charge in [0, 0.05) is 6.42 Å². The number of phenolic OH excluding ortho intramolecular Hbond substituents is 1. The van der Waals surface area contributed by atoms with Crippen molar-refractivity contribution in [3.63, 3.8) is 0 Å². The molecule has 1 aliphatic rings. The van der Waals surface area contributed by atoms with Crippen LogP contribution in [0.3, 0.4) is 0 Å². The van der Waals surface area contributed by atoms with Crippen LogP contribution in [0.25, 0.3) is 0 Å². The van der Waals surface area contributed by atoms with Gasteiger partial charge in [0.1, 0.15) is 5.75 Å². The van der Waals surface area contributed by atoms with E-state index in [0.717, 1.165) is 12.0 Å². The van der Waals surface area contributed by atoms with E-state index in [4.69, 9.17) is 4.74 Å². The first-order valence-corrected chi connectivity index (χ1v) is 5.22. The number of aromatic hydroxyl groups is 1. The van der Waals surface area contributed by atoms with Crippen molar-refractivity contribution in [1.29, 1.82) is 0 Å². The molecule has 82 valence electrons. The van der Waals surface area contributed by atoms with E-state index in [0.29, 0.717) is 13.0 Å². The van der Waals surface area contributed by atoms with E-state index >= 15 is 0 Å². The lowest BCUT2D eigenvalue weighted by Gasteiger charge is -2.34. The molecule has 0 aliphatic carbocycles. The average molecular weight is 208 g/mol. The van der Waals surface area contributed by atoms with Crippen LogP contribution in [-0.4, -0.2) is 22.6 Å². The molecule has 3 nitrogen and oxygen atoms in total. The smallest absolute Gasteiger partial charge is 0.163 e. The molecule has 2 rings (SSSR count). The highest BCUT2D eigenvalue weighted by atomic mass is 16.6. The van der Waals surface area contributed by atoms with Crippen LogP contribution in [0.2, 0.25) is 0 Å². The van der Waals surface area contributed by atoms with Gasteiger partial charge in [-0.1, -0.05) is 12.1 Å². The number of benzene rings is 1. The van der Waals surface area contributed by atoms with E-state index in [2.05, 4.69) is 0 Å². The monoisotopic (exact) mass is 208 g/mol. The molecule has 0 amide bonds. The summed E-state index contributed by atoms with van der Waals surface area (Å²) in [6.45, 7) is 2.25. The van der Waals surface area contributed by atoms with Crippen LogP contribution in [-0.2, 0) is 4.74 Å². The second kappa shape index (κ2) is 3.83. The largest absolute Gasteiger partial charge is 0.508 e. The molecule has 0 spiro atoms. The summed E-state index contributed by atoms with van der Waals surface area (Å²) in [5.74, 6) is -0.492. The van der Waals surface area contributed by atoms with Crippen molar-refractivity contribution in [3.8, 4) is 5.75 Å². The normalized spacial score (nSPS) is 31.5. The molecule has 15 heavy (non-hydrogen) atoms. The SMILES string of the molecule is CC1(O)CC(c2cccc(O)c2)CCO1. The summed E-state index contributed by atoms with van der Waals surface area (Å²) >= 11 is 0. The highest BCUT2D eigenvalue weighted by Gasteiger charge is 2.31. The van der Waals surface area contributed by atoms with E-state index in [1.807, 2.05) is 12.1 Å². The van der Waals surface area contributed by atoms with E-state index in [9.17, 15) is 10.2 Å². The fraction of sp³-hybridized carbons (Fsp3) is 0.500. The Bertz CT molecular complexity index is 346. The van der Waals surface area contributed by atoms with Crippen molar-refractivity contribution < 1.29 is 14.9 Å². The van der Waals surface area contributed by atoms with Gasteiger partial charge in [-0.3, -0.25) is 0 Å². The lowest BCUT2D eigenvalue weighted by atomic mass is 9.87. The summed E-state index contributed by atoms with van der Waals surface area (Å²) in [5.41, 5.74) is 1.07. The van der Waals surface area contributed by atoms with Gasteiger partial charge in [0.15, 0.2) is 5.79 Å². The van der Waals surface area contributed by atoms with Crippen LogP contribution >= 0.6 is 0 Å². The zero-order chi connectivity index (χ0) is 10.9. The molecule has 1 aromatic carbocycles. The first-order chi connectivity index (χ1) is 7.07. The highest BCUT2D eigenvalue weighted by molar-refractivity contribution is 5.30. The van der Waals surface area contributed by atoms with Crippen molar-refractivity contribution in [1.82, 2.24) is 0 Å². The number of aliphatic hydroxyl groups is 1. The van der Waals surface area contributed by atoms with E-state index in [-0.39, 0.29) is 11.7 Å². The third kappa shape index (κ3) is 2.49. The van der Waals surface area contributed by atoms with Gasteiger partial charge in [0.25, 0.3) is 0 Å². The molecule has 0 bridgehead atoms. The highest BCUT2D eigenvalue weighted by Crippen LogP contribution is 2.35. The molecule has 2 unspecified atom stereocenters. The first-order valence-electron chi connectivity index (χ1n) is 5.22. The van der Waals surface area contributed by atoms with Gasteiger partial charge in [0.2, 0.25) is 0 Å². The van der Waals surface area contributed by atoms with Gasteiger partial charge >= 0.3 is 0 Å². The minimum absolute atomic E-state index is 0.265. The summed E-state index contributed by atoms with van der Waals surface area (Å²) in [4.78, 5) is 0. The molecule has 2 N–H and O–H groups in total. The predicted molar refractivity (Wildman–Crippen MR) is 56.7 cm³/mol. The zero-order valence-corrected chi connectivity index (χ0v) is 8.81. The summed E-state index contributed by atoms with van der Waals surface area (Å²) in [7, 11) is 0. The Morgan fingerprint density at radius 3 is 2.93 bits per heavy atom. The Hall–Kier alpha value is -1.06. The fourth-order valence-electron chi connectivity index (χ4n) is 2.10. The molecule has 1 aromatic rings. The van der Waals surface area contributed by atoms with Gasteiger partial charge in [-0.2, -0.15) is 0 Å². The maximum atomic E-state index is 9.79. The Morgan fingerprint density at radius 1 is 1.47 bits per heavy atom. The topological polar surface area (TPSA) is 49.7 Å². The van der Waals surface area contributed by atoms with Gasteiger partial charge in [-0.15, -0.1) is 0 Å². The Balaban J connectivity index is 2.17. The minimum atomic E-state index is -1.03. The van der Waals surface area contributed by atoms with Crippen LogP contribution in [0.4, 0.5) is 0 Å². The maximum absolute atomic E-state index is 9.79. The molecule has 3 heteroatoms. The Labute approximate surface area is 89.3 Å². The third-order valence-electron chi connectivity index (χ3n) is 2.85. The zero-order valence-electron chi connectivity index (χ0n) is 8.81. The molecule has 1 aliphatic heterocycles. The van der Waals surface area contributed by atoms with E-state index < -0.39 is 5.79 Å². The van der Waals surface area contributed by atoms with E-state index in [1.54, 1.807) is 19.1 Å². The van der Waals surface area contributed by atoms with Gasteiger partial charge in [0.05, 0.1) is 6.61 Å². The maximum Gasteiger partial charge on any atom is 0.163 e. The molecule has 1 fully saturated rings. The lowest BCUT2D eigenvalue weighted by molar-refractivity contribution is -0.215. The Morgan fingerprint density at radius 2 is 2.27 bits per heavy atom. The number of hydrogen-bond acceptors (Lipinski definition) is 3.